The van der Waals surface area contributed by atoms with E-state index in [9.17, 15) is 9.59 Å². The first kappa shape index (κ1) is 23.3. The SMILES string of the molecule is CCOC(=O)c1ccn(CCOC)n1.CCOC(=O)c1ccnn1CCOC. The van der Waals surface area contributed by atoms with Crippen LogP contribution >= 0.6 is 0 Å². The lowest BCUT2D eigenvalue weighted by Crippen LogP contribution is -2.15. The van der Waals surface area contributed by atoms with Crippen LogP contribution in [0.25, 0.3) is 0 Å². The third kappa shape index (κ3) is 7.89. The van der Waals surface area contributed by atoms with Crippen LogP contribution in [0.3, 0.4) is 0 Å². The van der Waals surface area contributed by atoms with Crippen LogP contribution in [0.5, 0.6) is 0 Å². The van der Waals surface area contributed by atoms with Crippen molar-refractivity contribution in [2.24, 2.45) is 0 Å². The Hall–Kier alpha value is -2.72. The molecule has 10 nitrogen and oxygen atoms in total. The van der Waals surface area contributed by atoms with Gasteiger partial charge in [-0.1, -0.05) is 0 Å². The summed E-state index contributed by atoms with van der Waals surface area (Å²) in [6.07, 6.45) is 3.30. The van der Waals surface area contributed by atoms with E-state index in [1.165, 1.54) is 0 Å². The van der Waals surface area contributed by atoms with E-state index in [0.29, 0.717) is 50.9 Å². The van der Waals surface area contributed by atoms with Crippen LogP contribution in [0.15, 0.2) is 24.5 Å². The molecular formula is C18H28N4O6. The van der Waals surface area contributed by atoms with Gasteiger partial charge in [0.25, 0.3) is 0 Å². The normalized spacial score (nSPS) is 10.1. The first-order chi connectivity index (χ1) is 13.6. The molecule has 156 valence electrons. The maximum Gasteiger partial charge on any atom is 0.358 e. The van der Waals surface area contributed by atoms with E-state index in [-0.39, 0.29) is 11.9 Å². The summed E-state index contributed by atoms with van der Waals surface area (Å²) in [7, 11) is 3.23. The van der Waals surface area contributed by atoms with Gasteiger partial charge in [0.1, 0.15) is 5.69 Å². The largest absolute Gasteiger partial charge is 0.461 e. The molecule has 2 aromatic rings. The molecule has 0 N–H and O–H groups in total. The lowest BCUT2D eigenvalue weighted by Gasteiger charge is -2.05. The molecule has 28 heavy (non-hydrogen) atoms. The molecule has 0 aliphatic rings. The third-order valence-corrected chi connectivity index (χ3v) is 3.36. The summed E-state index contributed by atoms with van der Waals surface area (Å²) in [6, 6.07) is 3.27. The average molecular weight is 396 g/mol. The van der Waals surface area contributed by atoms with Gasteiger partial charge in [0.2, 0.25) is 0 Å². The molecule has 0 bridgehead atoms. The molecule has 0 unspecified atom stereocenters. The maximum absolute atomic E-state index is 11.4. The minimum Gasteiger partial charge on any atom is -0.461 e. The van der Waals surface area contributed by atoms with Crippen LogP contribution in [0.4, 0.5) is 0 Å². The highest BCUT2D eigenvalue weighted by atomic mass is 16.5. The van der Waals surface area contributed by atoms with Crippen LogP contribution < -0.4 is 0 Å². The fourth-order valence-corrected chi connectivity index (χ4v) is 2.05. The summed E-state index contributed by atoms with van der Waals surface area (Å²) in [4.78, 5) is 22.6. The Morgan fingerprint density at radius 3 is 2.25 bits per heavy atom. The first-order valence-corrected chi connectivity index (χ1v) is 8.94. The standard InChI is InChI=1S/2C9H14N2O3/c1-3-14-9(12)8-4-5-11(10-8)6-7-13-2;1-3-14-9(12)8-4-5-10-11(8)6-7-13-2/h2*4-5H,3,6-7H2,1-2H3. The average Bonchev–Trinajstić information content (AvgIpc) is 3.35. The molecular weight excluding hydrogens is 368 g/mol. The second-order valence-electron chi connectivity index (χ2n) is 5.33. The maximum atomic E-state index is 11.4. The zero-order chi connectivity index (χ0) is 20.8. The number of aromatic nitrogens is 4. The Bertz CT molecular complexity index is 713. The lowest BCUT2D eigenvalue weighted by atomic mass is 10.4. The molecule has 2 aromatic heterocycles. The smallest absolute Gasteiger partial charge is 0.358 e. The van der Waals surface area contributed by atoms with Crippen LogP contribution in [0.1, 0.15) is 34.8 Å². The highest BCUT2D eigenvalue weighted by Crippen LogP contribution is 2.01. The van der Waals surface area contributed by atoms with E-state index < -0.39 is 0 Å². The van der Waals surface area contributed by atoms with Crippen molar-refractivity contribution in [1.29, 1.82) is 0 Å². The highest BCUT2D eigenvalue weighted by Gasteiger charge is 2.12. The van der Waals surface area contributed by atoms with Crippen molar-refractivity contribution >= 4 is 11.9 Å². The predicted octanol–water partition coefficient (Wildman–Crippen LogP) is 1.41. The van der Waals surface area contributed by atoms with E-state index in [1.807, 2.05) is 0 Å². The highest BCUT2D eigenvalue weighted by molar-refractivity contribution is 5.87. The molecule has 0 aliphatic heterocycles. The number of nitrogens with zero attached hydrogens (tertiary/aromatic N) is 4. The summed E-state index contributed by atoms with van der Waals surface area (Å²) >= 11 is 0. The minimum absolute atomic E-state index is 0.336. The molecule has 0 spiro atoms. The van der Waals surface area contributed by atoms with Gasteiger partial charge in [-0.3, -0.25) is 9.36 Å². The van der Waals surface area contributed by atoms with Gasteiger partial charge in [0.15, 0.2) is 5.69 Å². The van der Waals surface area contributed by atoms with Crippen molar-refractivity contribution in [3.05, 3.63) is 35.9 Å². The molecule has 0 amide bonds. The molecule has 2 rings (SSSR count). The monoisotopic (exact) mass is 396 g/mol. The Labute approximate surface area is 164 Å². The molecule has 2 heterocycles. The zero-order valence-electron chi connectivity index (χ0n) is 16.8. The van der Waals surface area contributed by atoms with Crippen LogP contribution in [0, 0.1) is 0 Å². The Kier molecular flexibility index (Phi) is 11.2. The summed E-state index contributed by atoms with van der Waals surface area (Å²) in [5.74, 6) is -0.732. The number of ether oxygens (including phenoxy) is 4. The topological polar surface area (TPSA) is 107 Å². The number of rotatable bonds is 10. The van der Waals surface area contributed by atoms with Crippen molar-refractivity contribution in [3.8, 4) is 0 Å². The van der Waals surface area contributed by atoms with Gasteiger partial charge in [-0.25, -0.2) is 9.59 Å². The number of carbonyl (C=O) groups is 2. The van der Waals surface area contributed by atoms with Crippen molar-refractivity contribution in [2.45, 2.75) is 26.9 Å². The molecule has 0 atom stereocenters. The Morgan fingerprint density at radius 2 is 1.61 bits per heavy atom. The molecule has 0 saturated carbocycles. The Morgan fingerprint density at radius 1 is 0.964 bits per heavy atom. The third-order valence-electron chi connectivity index (χ3n) is 3.36. The van der Waals surface area contributed by atoms with E-state index in [0.717, 1.165) is 0 Å². The first-order valence-electron chi connectivity index (χ1n) is 8.94. The van der Waals surface area contributed by atoms with Crippen molar-refractivity contribution in [3.63, 3.8) is 0 Å². The molecule has 0 radical (unpaired) electrons. The van der Waals surface area contributed by atoms with E-state index >= 15 is 0 Å². The number of carbonyl (C=O) groups excluding carboxylic acids is 2. The van der Waals surface area contributed by atoms with Crippen molar-refractivity contribution in [1.82, 2.24) is 19.6 Å². The van der Waals surface area contributed by atoms with E-state index in [2.05, 4.69) is 10.2 Å². The fourth-order valence-electron chi connectivity index (χ4n) is 2.05. The predicted molar refractivity (Wildman–Crippen MR) is 100 cm³/mol. The zero-order valence-corrected chi connectivity index (χ0v) is 16.8. The number of hydrogen-bond donors (Lipinski definition) is 0. The van der Waals surface area contributed by atoms with Gasteiger partial charge in [0, 0.05) is 26.6 Å². The van der Waals surface area contributed by atoms with Gasteiger partial charge < -0.3 is 18.9 Å². The Balaban J connectivity index is 0.000000280. The molecule has 0 fully saturated rings. The van der Waals surface area contributed by atoms with Gasteiger partial charge in [0.05, 0.1) is 39.5 Å². The quantitative estimate of drug-likeness (QED) is 0.555. The van der Waals surface area contributed by atoms with E-state index in [4.69, 9.17) is 18.9 Å². The van der Waals surface area contributed by atoms with Gasteiger partial charge in [-0.2, -0.15) is 10.2 Å². The fraction of sp³-hybridized carbons (Fsp3) is 0.556. The number of esters is 2. The van der Waals surface area contributed by atoms with Gasteiger partial charge >= 0.3 is 11.9 Å². The minimum atomic E-state index is -0.385. The van der Waals surface area contributed by atoms with Crippen molar-refractivity contribution in [2.75, 3.05) is 40.6 Å². The lowest BCUT2D eigenvalue weighted by molar-refractivity contribution is 0.0503. The number of hydrogen-bond acceptors (Lipinski definition) is 8. The van der Waals surface area contributed by atoms with Crippen LogP contribution in [0.2, 0.25) is 0 Å². The molecule has 0 aromatic carbocycles. The molecule has 0 saturated heterocycles. The molecule has 10 heteroatoms. The number of methoxy groups -OCH3 is 2. The summed E-state index contributed by atoms with van der Waals surface area (Å²) < 4.78 is 22.7. The molecule has 0 aliphatic carbocycles. The summed E-state index contributed by atoms with van der Waals surface area (Å²) in [5, 5.41) is 8.02. The van der Waals surface area contributed by atoms with Crippen molar-refractivity contribution < 1.29 is 28.5 Å². The van der Waals surface area contributed by atoms with E-state index in [1.54, 1.807) is 62.0 Å². The second-order valence-corrected chi connectivity index (χ2v) is 5.33. The second kappa shape index (κ2) is 13.4. The summed E-state index contributed by atoms with van der Waals surface area (Å²) in [6.45, 7) is 6.55. The van der Waals surface area contributed by atoms with Gasteiger partial charge in [-0.05, 0) is 26.0 Å². The van der Waals surface area contributed by atoms with Crippen LogP contribution in [-0.4, -0.2) is 72.1 Å². The van der Waals surface area contributed by atoms with Crippen LogP contribution in [-0.2, 0) is 32.0 Å². The summed E-state index contributed by atoms with van der Waals surface area (Å²) in [5.41, 5.74) is 0.798. The van der Waals surface area contributed by atoms with Gasteiger partial charge in [-0.15, -0.1) is 0 Å².